The van der Waals surface area contributed by atoms with Crippen LogP contribution in [0, 0.1) is 11.3 Å². The number of hydrogen-bond acceptors (Lipinski definition) is 5. The lowest BCUT2D eigenvalue weighted by molar-refractivity contribution is -0.149. The molecule has 0 radical (unpaired) electrons. The lowest BCUT2D eigenvalue weighted by Crippen LogP contribution is -2.38. The molecule has 1 aliphatic carbocycles. The topological polar surface area (TPSA) is 95.4 Å². The fourth-order valence-corrected chi connectivity index (χ4v) is 4.29. The summed E-state index contributed by atoms with van der Waals surface area (Å²) in [6.45, 7) is 6.82. The van der Waals surface area contributed by atoms with Crippen LogP contribution in [0.5, 0.6) is 0 Å². The van der Waals surface area contributed by atoms with Crippen molar-refractivity contribution in [2.75, 3.05) is 18.4 Å². The fourth-order valence-electron chi connectivity index (χ4n) is 3.54. The Bertz CT molecular complexity index is 639. The van der Waals surface area contributed by atoms with E-state index >= 15 is 0 Å². The number of carboxylic acid groups (broad SMARTS) is 1. The molecule has 23 heavy (non-hydrogen) atoms. The number of carbonyl (C=O) groups is 2. The smallest absolute Gasteiger partial charge is 0.323 e. The zero-order valence-electron chi connectivity index (χ0n) is 13.6. The summed E-state index contributed by atoms with van der Waals surface area (Å²) in [7, 11) is 0. The van der Waals surface area contributed by atoms with E-state index in [9.17, 15) is 14.7 Å². The quantitative estimate of drug-likeness (QED) is 0.864. The summed E-state index contributed by atoms with van der Waals surface area (Å²) in [5, 5.41) is 12.8. The molecular formula is C15H22N4O3S. The molecule has 0 spiro atoms. The Balaban J connectivity index is 1.68. The number of likely N-dealkylation sites (tertiary alicyclic amines) is 1. The number of urea groups is 1. The second-order valence-electron chi connectivity index (χ2n) is 7.53. The van der Waals surface area contributed by atoms with Crippen molar-refractivity contribution in [3.05, 3.63) is 5.82 Å². The molecule has 2 atom stereocenters. The Labute approximate surface area is 139 Å². The van der Waals surface area contributed by atoms with Crippen molar-refractivity contribution in [1.29, 1.82) is 0 Å². The van der Waals surface area contributed by atoms with Gasteiger partial charge in [-0.1, -0.05) is 27.2 Å². The van der Waals surface area contributed by atoms with Crippen molar-refractivity contribution in [2.24, 2.45) is 11.3 Å². The van der Waals surface area contributed by atoms with Gasteiger partial charge in [-0.05, 0) is 18.8 Å². The highest BCUT2D eigenvalue weighted by molar-refractivity contribution is 7.09. The van der Waals surface area contributed by atoms with Gasteiger partial charge in [-0.3, -0.25) is 10.1 Å². The Kier molecular flexibility index (Phi) is 3.82. The fraction of sp³-hybridized carbons (Fsp3) is 0.733. The summed E-state index contributed by atoms with van der Waals surface area (Å²) in [5.74, 6) is -0.0235. The molecule has 1 saturated carbocycles. The van der Waals surface area contributed by atoms with Gasteiger partial charge in [-0.25, -0.2) is 9.78 Å². The molecule has 2 fully saturated rings. The average molecular weight is 338 g/mol. The van der Waals surface area contributed by atoms with Gasteiger partial charge in [0.05, 0.1) is 5.41 Å². The first-order valence-electron chi connectivity index (χ1n) is 7.86. The van der Waals surface area contributed by atoms with Crippen molar-refractivity contribution in [1.82, 2.24) is 14.3 Å². The molecule has 2 aliphatic rings. The molecule has 2 N–H and O–H groups in total. The lowest BCUT2D eigenvalue weighted by atomic mass is 9.81. The minimum atomic E-state index is -0.777. The van der Waals surface area contributed by atoms with E-state index in [0.29, 0.717) is 23.9 Å². The zero-order valence-corrected chi connectivity index (χ0v) is 14.4. The maximum atomic E-state index is 12.4. The Morgan fingerprint density at radius 1 is 1.43 bits per heavy atom. The standard InChI is InChI=1S/C15H22N4O3S/c1-14(2,3)10-16-12(23-18-10)17-13(22)19-7-9-5-4-6-15(9,8-19)11(20)21/h9H,4-8H2,1-3H3,(H,20,21)(H,16,17,18,22)/t9-,15+/m0/s1. The van der Waals surface area contributed by atoms with Crippen LogP contribution in [-0.2, 0) is 10.2 Å². The van der Waals surface area contributed by atoms with Crippen molar-refractivity contribution >= 4 is 28.7 Å². The highest BCUT2D eigenvalue weighted by Gasteiger charge is 2.55. The number of aliphatic carboxylic acids is 1. The van der Waals surface area contributed by atoms with Crippen molar-refractivity contribution in [2.45, 2.75) is 45.4 Å². The van der Waals surface area contributed by atoms with E-state index < -0.39 is 11.4 Å². The molecule has 3 rings (SSSR count). The number of anilines is 1. The van der Waals surface area contributed by atoms with Crippen molar-refractivity contribution in [3.8, 4) is 0 Å². The molecular weight excluding hydrogens is 316 g/mol. The third kappa shape index (κ3) is 2.80. The SMILES string of the molecule is CC(C)(C)c1nsc(NC(=O)N2C[C@@H]3CCC[C@@]3(C(=O)O)C2)n1. The highest BCUT2D eigenvalue weighted by atomic mass is 32.1. The van der Waals surface area contributed by atoms with Crippen LogP contribution >= 0.6 is 11.5 Å². The van der Waals surface area contributed by atoms with Crippen LogP contribution in [0.1, 0.15) is 45.9 Å². The monoisotopic (exact) mass is 338 g/mol. The van der Waals surface area contributed by atoms with E-state index in [1.165, 1.54) is 0 Å². The molecule has 0 bridgehead atoms. The van der Waals surface area contributed by atoms with E-state index in [1.54, 1.807) is 4.90 Å². The molecule has 0 aromatic carbocycles. The van der Waals surface area contributed by atoms with Gasteiger partial charge in [-0.2, -0.15) is 4.37 Å². The summed E-state index contributed by atoms with van der Waals surface area (Å²) < 4.78 is 4.27. The molecule has 1 aromatic heterocycles. The number of aromatic nitrogens is 2. The highest BCUT2D eigenvalue weighted by Crippen LogP contribution is 2.48. The van der Waals surface area contributed by atoms with E-state index in [-0.39, 0.29) is 23.9 Å². The number of fused-ring (bicyclic) bond motifs is 1. The Hall–Kier alpha value is -1.70. The lowest BCUT2D eigenvalue weighted by Gasteiger charge is -2.23. The number of amides is 2. The van der Waals surface area contributed by atoms with Crippen LogP contribution in [-0.4, -0.2) is 44.5 Å². The summed E-state index contributed by atoms with van der Waals surface area (Å²) in [5.41, 5.74) is -0.924. The second-order valence-corrected chi connectivity index (χ2v) is 8.29. The van der Waals surface area contributed by atoms with E-state index in [0.717, 1.165) is 24.4 Å². The minimum absolute atomic E-state index is 0.0605. The van der Waals surface area contributed by atoms with Gasteiger partial charge in [0.15, 0.2) is 0 Å². The van der Waals surface area contributed by atoms with E-state index in [1.807, 2.05) is 20.8 Å². The molecule has 1 saturated heterocycles. The van der Waals surface area contributed by atoms with E-state index in [4.69, 9.17) is 0 Å². The first-order valence-corrected chi connectivity index (χ1v) is 8.63. The van der Waals surface area contributed by atoms with E-state index in [2.05, 4.69) is 14.7 Å². The predicted octanol–water partition coefficient (Wildman–Crippen LogP) is 2.55. The molecule has 0 unspecified atom stereocenters. The number of nitrogens with one attached hydrogen (secondary N) is 1. The number of hydrogen-bond donors (Lipinski definition) is 2. The number of nitrogens with zero attached hydrogens (tertiary/aromatic N) is 3. The summed E-state index contributed by atoms with van der Waals surface area (Å²) in [6, 6.07) is -0.281. The minimum Gasteiger partial charge on any atom is -0.481 e. The molecule has 2 heterocycles. The van der Waals surface area contributed by atoms with Gasteiger partial charge >= 0.3 is 12.0 Å². The largest absolute Gasteiger partial charge is 0.481 e. The number of carbonyl (C=O) groups excluding carboxylic acids is 1. The molecule has 1 aliphatic heterocycles. The van der Waals surface area contributed by atoms with Gasteiger partial charge in [-0.15, -0.1) is 0 Å². The van der Waals surface area contributed by atoms with Gasteiger partial charge < -0.3 is 10.0 Å². The number of carboxylic acids is 1. The average Bonchev–Trinajstić information content (AvgIpc) is 3.09. The van der Waals surface area contributed by atoms with Gasteiger partial charge in [0.1, 0.15) is 5.82 Å². The maximum absolute atomic E-state index is 12.4. The third-order valence-electron chi connectivity index (χ3n) is 4.89. The normalized spacial score (nSPS) is 27.1. The van der Waals surface area contributed by atoms with Crippen LogP contribution < -0.4 is 5.32 Å². The van der Waals surface area contributed by atoms with Gasteiger partial charge in [0, 0.05) is 30.0 Å². The third-order valence-corrected chi connectivity index (χ3v) is 5.53. The molecule has 126 valence electrons. The predicted molar refractivity (Wildman–Crippen MR) is 86.6 cm³/mol. The van der Waals surface area contributed by atoms with Gasteiger partial charge in [0.25, 0.3) is 0 Å². The van der Waals surface area contributed by atoms with Crippen LogP contribution in [0.2, 0.25) is 0 Å². The first kappa shape index (κ1) is 16.2. The molecule has 7 nitrogen and oxygen atoms in total. The van der Waals surface area contributed by atoms with Gasteiger partial charge in [0.2, 0.25) is 5.13 Å². The zero-order chi connectivity index (χ0) is 16.8. The molecule has 8 heteroatoms. The van der Waals surface area contributed by atoms with Crippen LogP contribution in [0.3, 0.4) is 0 Å². The second kappa shape index (κ2) is 5.43. The number of rotatable bonds is 2. The Morgan fingerprint density at radius 3 is 2.74 bits per heavy atom. The Morgan fingerprint density at radius 2 is 2.17 bits per heavy atom. The maximum Gasteiger partial charge on any atom is 0.323 e. The molecule has 1 aromatic rings. The van der Waals surface area contributed by atoms with Crippen LogP contribution in [0.25, 0.3) is 0 Å². The van der Waals surface area contributed by atoms with Crippen LogP contribution in [0.15, 0.2) is 0 Å². The summed E-state index contributed by atoms with van der Waals surface area (Å²) in [6.07, 6.45) is 2.46. The van der Waals surface area contributed by atoms with Crippen molar-refractivity contribution in [3.63, 3.8) is 0 Å². The first-order chi connectivity index (χ1) is 10.7. The molecule has 2 amide bonds. The van der Waals surface area contributed by atoms with Crippen LogP contribution in [0.4, 0.5) is 9.93 Å². The summed E-state index contributed by atoms with van der Waals surface area (Å²) in [4.78, 5) is 30.1. The summed E-state index contributed by atoms with van der Waals surface area (Å²) >= 11 is 1.15. The van der Waals surface area contributed by atoms with Crippen molar-refractivity contribution < 1.29 is 14.7 Å².